The van der Waals surface area contributed by atoms with Crippen molar-refractivity contribution in [2.45, 2.75) is 44.7 Å². The zero-order chi connectivity index (χ0) is 6.27. The molecule has 0 aromatic rings. The summed E-state index contributed by atoms with van der Waals surface area (Å²) in [6.07, 6.45) is 5.86. The van der Waals surface area contributed by atoms with E-state index in [4.69, 9.17) is 0 Å². The minimum absolute atomic E-state index is 0.829. The van der Waals surface area contributed by atoms with Gasteiger partial charge in [0, 0.05) is 12.1 Å². The second kappa shape index (κ2) is 1.98. The first-order valence-electron chi connectivity index (χ1n) is 4.14. The molecule has 0 radical (unpaired) electrons. The lowest BCUT2D eigenvalue weighted by atomic mass is 9.74. The van der Waals surface area contributed by atoms with E-state index in [-0.39, 0.29) is 0 Å². The summed E-state index contributed by atoms with van der Waals surface area (Å²) < 4.78 is 0. The summed E-state index contributed by atoms with van der Waals surface area (Å²) in [5.41, 5.74) is 0. The molecule has 2 rings (SSSR count). The molecule has 1 saturated carbocycles. The number of hydrogen-bond acceptors (Lipinski definition) is 1. The van der Waals surface area contributed by atoms with Crippen molar-refractivity contribution in [2.24, 2.45) is 5.92 Å². The predicted octanol–water partition coefficient (Wildman–Crippen LogP) is 1.54. The Morgan fingerprint density at radius 1 is 1.22 bits per heavy atom. The molecule has 0 aromatic carbocycles. The summed E-state index contributed by atoms with van der Waals surface area (Å²) >= 11 is 0. The lowest BCUT2D eigenvalue weighted by molar-refractivity contribution is 0.105. The summed E-state index contributed by atoms with van der Waals surface area (Å²) in [7, 11) is 0. The summed E-state index contributed by atoms with van der Waals surface area (Å²) in [6.45, 7) is 2.31. The van der Waals surface area contributed by atoms with Crippen molar-refractivity contribution in [3.63, 3.8) is 0 Å². The van der Waals surface area contributed by atoms with Gasteiger partial charge in [-0.15, -0.1) is 0 Å². The number of rotatable bonds is 0. The third-order valence-electron chi connectivity index (χ3n) is 2.94. The molecule has 0 aromatic heterocycles. The summed E-state index contributed by atoms with van der Waals surface area (Å²) in [5.74, 6) is 1.04. The van der Waals surface area contributed by atoms with Gasteiger partial charge in [-0.25, -0.2) is 0 Å². The second-order valence-corrected chi connectivity index (χ2v) is 3.51. The molecule has 1 heteroatoms. The van der Waals surface area contributed by atoms with Gasteiger partial charge in [0.1, 0.15) is 0 Å². The lowest BCUT2D eigenvalue weighted by Gasteiger charge is -2.47. The van der Waals surface area contributed by atoms with Crippen LogP contribution in [0.2, 0.25) is 0 Å². The smallest absolute Gasteiger partial charge is 0.0113 e. The normalized spacial score (nSPS) is 49.7. The van der Waals surface area contributed by atoms with Crippen LogP contribution < -0.4 is 5.32 Å². The Bertz CT molecular complexity index is 109. The molecule has 0 spiro atoms. The molecule has 2 aliphatic rings. The molecule has 1 aliphatic carbocycles. The summed E-state index contributed by atoms with van der Waals surface area (Å²) in [5, 5.41) is 3.54. The Hall–Kier alpha value is -0.0400. The molecule has 0 bridgehead atoms. The van der Waals surface area contributed by atoms with Crippen LogP contribution in [0, 0.1) is 5.92 Å². The number of fused-ring (bicyclic) bond motifs is 1. The van der Waals surface area contributed by atoms with Crippen LogP contribution >= 0.6 is 0 Å². The molecule has 52 valence electrons. The van der Waals surface area contributed by atoms with Crippen LogP contribution in [0.1, 0.15) is 32.6 Å². The van der Waals surface area contributed by atoms with E-state index in [0.29, 0.717) is 0 Å². The van der Waals surface area contributed by atoms with E-state index in [9.17, 15) is 0 Å². The highest BCUT2D eigenvalue weighted by Crippen LogP contribution is 2.33. The average Bonchev–Trinajstić information content (AvgIpc) is 1.86. The molecular weight excluding hydrogens is 110 g/mol. The Kier molecular flexibility index (Phi) is 1.26. The lowest BCUT2D eigenvalue weighted by Crippen LogP contribution is -2.60. The van der Waals surface area contributed by atoms with Gasteiger partial charge in [-0.1, -0.05) is 12.8 Å². The van der Waals surface area contributed by atoms with Crippen LogP contribution in [0.3, 0.4) is 0 Å². The van der Waals surface area contributed by atoms with E-state index in [0.717, 1.165) is 18.0 Å². The topological polar surface area (TPSA) is 12.0 Å². The van der Waals surface area contributed by atoms with Crippen molar-refractivity contribution >= 4 is 0 Å². The second-order valence-electron chi connectivity index (χ2n) is 3.51. The van der Waals surface area contributed by atoms with Crippen LogP contribution in [-0.4, -0.2) is 12.1 Å². The zero-order valence-electron chi connectivity index (χ0n) is 6.06. The van der Waals surface area contributed by atoms with Crippen LogP contribution in [0.15, 0.2) is 0 Å². The third kappa shape index (κ3) is 0.787. The van der Waals surface area contributed by atoms with Crippen LogP contribution in [0.25, 0.3) is 0 Å². The van der Waals surface area contributed by atoms with Crippen molar-refractivity contribution in [2.75, 3.05) is 0 Å². The van der Waals surface area contributed by atoms with Crippen LogP contribution in [-0.2, 0) is 0 Å². The van der Waals surface area contributed by atoms with Crippen molar-refractivity contribution in [3.8, 4) is 0 Å². The SMILES string of the molecule is CC1NC2CCCCC12. The molecule has 1 heterocycles. The van der Waals surface area contributed by atoms with Gasteiger partial charge in [-0.3, -0.25) is 0 Å². The molecule has 3 unspecified atom stereocenters. The average molecular weight is 125 g/mol. The Morgan fingerprint density at radius 2 is 2.00 bits per heavy atom. The summed E-state index contributed by atoms with van der Waals surface area (Å²) in [6, 6.07) is 1.74. The van der Waals surface area contributed by atoms with Gasteiger partial charge < -0.3 is 5.32 Å². The highest BCUT2D eigenvalue weighted by atomic mass is 15.1. The molecule has 2 fully saturated rings. The maximum Gasteiger partial charge on any atom is 0.0113 e. The molecule has 0 amide bonds. The number of hydrogen-bond donors (Lipinski definition) is 1. The molecule has 9 heavy (non-hydrogen) atoms. The molecule has 1 nitrogen and oxygen atoms in total. The standard InChI is InChI=1S/C8H15N/c1-6-7-4-2-3-5-8(7)9-6/h6-9H,2-5H2,1H3. The fourth-order valence-electron chi connectivity index (χ4n) is 2.31. The van der Waals surface area contributed by atoms with Gasteiger partial charge in [0.25, 0.3) is 0 Å². The molecular formula is C8H15N. The minimum atomic E-state index is 0.829. The quantitative estimate of drug-likeness (QED) is 0.518. The summed E-state index contributed by atoms with van der Waals surface area (Å²) in [4.78, 5) is 0. The molecule has 1 N–H and O–H groups in total. The molecule has 1 aliphatic heterocycles. The van der Waals surface area contributed by atoms with Gasteiger partial charge in [-0.05, 0) is 25.7 Å². The highest BCUT2D eigenvalue weighted by Gasteiger charge is 2.38. The van der Waals surface area contributed by atoms with Gasteiger partial charge >= 0.3 is 0 Å². The Labute approximate surface area is 56.8 Å². The fraction of sp³-hybridized carbons (Fsp3) is 1.00. The van der Waals surface area contributed by atoms with Gasteiger partial charge in [0.15, 0.2) is 0 Å². The Morgan fingerprint density at radius 3 is 2.56 bits per heavy atom. The van der Waals surface area contributed by atoms with E-state index in [2.05, 4.69) is 12.2 Å². The van der Waals surface area contributed by atoms with Gasteiger partial charge in [0.05, 0.1) is 0 Å². The first-order valence-corrected chi connectivity index (χ1v) is 4.14. The predicted molar refractivity (Wildman–Crippen MR) is 38.3 cm³/mol. The minimum Gasteiger partial charge on any atom is -0.311 e. The largest absolute Gasteiger partial charge is 0.311 e. The fourth-order valence-corrected chi connectivity index (χ4v) is 2.31. The van der Waals surface area contributed by atoms with E-state index in [1.165, 1.54) is 25.7 Å². The molecule has 3 atom stereocenters. The first-order chi connectivity index (χ1) is 4.38. The van der Waals surface area contributed by atoms with Gasteiger partial charge in [0.2, 0.25) is 0 Å². The van der Waals surface area contributed by atoms with Crippen molar-refractivity contribution in [3.05, 3.63) is 0 Å². The highest BCUT2D eigenvalue weighted by molar-refractivity contribution is 4.96. The van der Waals surface area contributed by atoms with Crippen LogP contribution in [0.5, 0.6) is 0 Å². The van der Waals surface area contributed by atoms with E-state index < -0.39 is 0 Å². The van der Waals surface area contributed by atoms with E-state index in [1.807, 2.05) is 0 Å². The Balaban J connectivity index is 1.94. The first kappa shape index (κ1) is 5.72. The van der Waals surface area contributed by atoms with Gasteiger partial charge in [-0.2, -0.15) is 0 Å². The monoisotopic (exact) mass is 125 g/mol. The van der Waals surface area contributed by atoms with Crippen molar-refractivity contribution in [1.82, 2.24) is 5.32 Å². The molecule has 1 saturated heterocycles. The van der Waals surface area contributed by atoms with E-state index in [1.54, 1.807) is 0 Å². The maximum absolute atomic E-state index is 3.54. The van der Waals surface area contributed by atoms with Crippen molar-refractivity contribution in [1.29, 1.82) is 0 Å². The maximum atomic E-state index is 3.54. The number of nitrogens with one attached hydrogen (secondary N) is 1. The zero-order valence-corrected chi connectivity index (χ0v) is 6.06. The van der Waals surface area contributed by atoms with E-state index >= 15 is 0 Å². The van der Waals surface area contributed by atoms with Crippen molar-refractivity contribution < 1.29 is 0 Å². The third-order valence-corrected chi connectivity index (χ3v) is 2.94. The van der Waals surface area contributed by atoms with Crippen LogP contribution in [0.4, 0.5) is 0 Å².